The number of pyridine rings is 5. The summed E-state index contributed by atoms with van der Waals surface area (Å²) in [6.45, 7) is 42.3. The molecule has 0 aliphatic rings. The Labute approximate surface area is 879 Å². The summed E-state index contributed by atoms with van der Waals surface area (Å²) in [5.74, 6) is 2.34. The van der Waals surface area contributed by atoms with Crippen LogP contribution in [0.2, 0.25) is 0 Å². The number of rotatable bonds is 0. The van der Waals surface area contributed by atoms with E-state index in [-0.39, 0.29) is 0 Å². The lowest BCUT2D eigenvalue weighted by molar-refractivity contribution is 0.973. The van der Waals surface area contributed by atoms with Gasteiger partial charge < -0.3 is 0 Å². The molecule has 0 saturated heterocycles. The maximum atomic E-state index is 3.98. The van der Waals surface area contributed by atoms with Crippen LogP contribution in [0.15, 0.2) is 537 Å². The minimum absolute atomic E-state index is 0.759. The lowest BCUT2D eigenvalue weighted by Crippen LogP contribution is -1.84. The first-order valence-electron chi connectivity index (χ1n) is 48.2. The van der Waals surface area contributed by atoms with Crippen molar-refractivity contribution in [3.05, 3.63) is 655 Å². The SMILES string of the molecule is Cc1ccccc1.Cc1ccccc1.Cc1ccccc1.Cc1ccccc1.Cc1ccccc1.Cc1ccccc1.Cc1ccccc1.Cc1ccccc1.Cc1ccccc1.Cc1ccccc1.Cc1ccccc1.Cc1ccccn1.Cc1ccccn1.Cc1cccnc1.Cc1cccnc1.Cc1ccncc1.Cc1ccncn1.Cc1cncnc1.Cc1ncccn1.Cc1ncncn1.Cc1ncncn1. The standard InChI is InChI=1S/11C7H8.5C6H7N.3C5H6N2.2C4H5N3/c11*1-7-5-3-2-4-6-7;1-6-2-4-7-5-3-6;2*1-6-3-2-4-7-5-6;2*1-6-4-2-3-5-7-6;1-5-2-6-4-7-3-5;1-5-2-3-6-4-7-5;1-5-6-3-2-4-7-5;2*1-4-6-2-5-3-7-4/h11*2-6H,1H3;5*2-5H,1H3;3*2-4H,1H3;2*2-3H,1H3. The fourth-order valence-electron chi connectivity index (χ4n) is 9.80. The maximum absolute atomic E-state index is 3.98. The van der Waals surface area contributed by atoms with E-state index in [0.717, 1.165) is 40.1 Å². The summed E-state index contributed by atoms with van der Waals surface area (Å²) in [6, 6.07) is 140. The van der Waals surface area contributed by atoms with Crippen molar-refractivity contribution in [3.8, 4) is 0 Å². The molecule has 0 N–H and O–H groups in total. The summed E-state index contributed by atoms with van der Waals surface area (Å²) in [5.41, 5.74) is 22.5. The topological polar surface area (TPSA) is 219 Å². The molecule has 21 aromatic rings. The van der Waals surface area contributed by atoms with Crippen LogP contribution in [-0.2, 0) is 0 Å². The van der Waals surface area contributed by atoms with Crippen LogP contribution in [0.25, 0.3) is 0 Å². The van der Waals surface area contributed by atoms with E-state index < -0.39 is 0 Å². The van der Waals surface area contributed by atoms with Crippen molar-refractivity contribution in [2.24, 2.45) is 0 Å². The van der Waals surface area contributed by atoms with Crippen molar-refractivity contribution in [3.63, 3.8) is 0 Å². The minimum atomic E-state index is 0.759. The fraction of sp³-hybridized carbons (Fsp3) is 0.162. The third kappa shape index (κ3) is 90.7. The highest BCUT2D eigenvalue weighted by atomic mass is 15.0. The highest BCUT2D eigenvalue weighted by molar-refractivity contribution is 5.20. The Morgan fingerprint density at radius 2 is 0.299 bits per heavy atom. The second-order valence-corrected chi connectivity index (χ2v) is 32.2. The fourth-order valence-corrected chi connectivity index (χ4v) is 9.80. The van der Waals surface area contributed by atoms with Gasteiger partial charge in [-0.05, 0) is 228 Å². The van der Waals surface area contributed by atoms with E-state index >= 15 is 0 Å². The number of benzene rings is 11. The first kappa shape index (κ1) is 127. The number of aromatic nitrogens is 17. The highest BCUT2D eigenvalue weighted by Gasteiger charge is 1.86. The zero-order valence-electron chi connectivity index (χ0n) is 89.9. The summed E-state index contributed by atoms with van der Waals surface area (Å²) in [5, 5.41) is 0. The molecule has 0 saturated carbocycles. The van der Waals surface area contributed by atoms with Gasteiger partial charge in [0.05, 0.1) is 0 Å². The van der Waals surface area contributed by atoms with E-state index in [0.29, 0.717) is 0 Å². The van der Waals surface area contributed by atoms with Crippen LogP contribution < -0.4 is 0 Å². The van der Waals surface area contributed by atoms with Gasteiger partial charge in [0.25, 0.3) is 0 Å². The molecular weight excluding hydrogens is 1800 g/mol. The zero-order valence-corrected chi connectivity index (χ0v) is 89.9. The Bertz CT molecular complexity index is 4530. The molecule has 0 atom stereocenters. The van der Waals surface area contributed by atoms with E-state index in [1.807, 2.05) is 361 Å². The van der Waals surface area contributed by atoms with Crippen molar-refractivity contribution in [1.29, 1.82) is 0 Å². The van der Waals surface area contributed by atoms with Gasteiger partial charge in [-0.2, -0.15) is 0 Å². The van der Waals surface area contributed by atoms with Crippen molar-refractivity contribution < 1.29 is 0 Å². The normalized spacial score (nSPS) is 8.71. The first-order chi connectivity index (χ1) is 71.3. The third-order valence-electron chi connectivity index (χ3n) is 17.8. The summed E-state index contributed by atoms with van der Waals surface area (Å²) in [6.07, 6.45) is 32.0. The molecule has 0 radical (unpaired) electrons. The lowest BCUT2D eigenvalue weighted by atomic mass is 10.2. The Kier molecular flexibility index (Phi) is 79.9. The third-order valence-corrected chi connectivity index (χ3v) is 17.8. The Balaban J connectivity index is 0.000000772. The molecule has 0 aliphatic heterocycles. The summed E-state index contributed by atoms with van der Waals surface area (Å²) in [7, 11) is 0. The van der Waals surface area contributed by atoms with E-state index in [1.165, 1.54) is 116 Å². The molecule has 11 aromatic carbocycles. The van der Waals surface area contributed by atoms with Gasteiger partial charge in [0.2, 0.25) is 0 Å². The predicted molar refractivity (Wildman–Crippen MR) is 617 cm³/mol. The van der Waals surface area contributed by atoms with Crippen molar-refractivity contribution in [1.82, 2.24) is 84.7 Å². The smallest absolute Gasteiger partial charge is 0.128 e. The zero-order chi connectivity index (χ0) is 107. The summed E-state index contributed by atoms with van der Waals surface area (Å²) < 4.78 is 0. The van der Waals surface area contributed by atoms with Gasteiger partial charge in [-0.15, -0.1) is 0 Å². The minimum Gasteiger partial charge on any atom is -0.265 e. The molecule has 756 valence electrons. The second kappa shape index (κ2) is 92.2. The van der Waals surface area contributed by atoms with Crippen LogP contribution in [0, 0.1) is 145 Å². The highest BCUT2D eigenvalue weighted by Crippen LogP contribution is 2.02. The van der Waals surface area contributed by atoms with Gasteiger partial charge in [0.1, 0.15) is 55.4 Å². The Hall–Kier alpha value is -17.6. The van der Waals surface area contributed by atoms with E-state index in [2.05, 4.69) is 294 Å². The average molecular weight is 1950 g/mol. The van der Waals surface area contributed by atoms with E-state index in [4.69, 9.17) is 0 Å². The van der Waals surface area contributed by atoms with Gasteiger partial charge in [-0.1, -0.05) is 419 Å². The molecule has 0 spiro atoms. The summed E-state index contributed by atoms with van der Waals surface area (Å²) in [4.78, 5) is 64.7. The van der Waals surface area contributed by atoms with Crippen LogP contribution in [0.3, 0.4) is 0 Å². The largest absolute Gasteiger partial charge is 0.265 e. The quantitative estimate of drug-likeness (QED) is 0.138. The maximum Gasteiger partial charge on any atom is 0.128 e. The molecule has 0 bridgehead atoms. The number of hydrogen-bond donors (Lipinski definition) is 0. The van der Waals surface area contributed by atoms with E-state index in [1.54, 1.807) is 74.2 Å². The van der Waals surface area contributed by atoms with Gasteiger partial charge in [-0.25, -0.2) is 59.8 Å². The number of aryl methyl sites for hydroxylation is 21. The molecule has 0 aliphatic carbocycles. The van der Waals surface area contributed by atoms with Crippen molar-refractivity contribution in [2.75, 3.05) is 0 Å². The number of nitrogens with zero attached hydrogens (tertiary/aromatic N) is 17. The van der Waals surface area contributed by atoms with Crippen molar-refractivity contribution in [2.45, 2.75) is 145 Å². The van der Waals surface area contributed by atoms with Crippen LogP contribution in [0.1, 0.15) is 118 Å². The van der Waals surface area contributed by atoms with Gasteiger partial charge >= 0.3 is 0 Å². The Morgan fingerprint density at radius 1 is 0.102 bits per heavy atom. The number of hydrogen-bond acceptors (Lipinski definition) is 17. The molecule has 17 heteroatoms. The van der Waals surface area contributed by atoms with Crippen LogP contribution in [0.5, 0.6) is 0 Å². The molecule has 21 rings (SSSR count). The molecule has 10 aromatic heterocycles. The van der Waals surface area contributed by atoms with Crippen LogP contribution in [-0.4, -0.2) is 84.7 Å². The molecule has 147 heavy (non-hydrogen) atoms. The van der Waals surface area contributed by atoms with Crippen LogP contribution >= 0.6 is 0 Å². The average Bonchev–Trinajstić information content (AvgIpc) is 1.24. The predicted octanol–water partition coefficient (Wildman–Crippen LogP) is 31.6. The molecule has 10 heterocycles. The molecule has 17 nitrogen and oxygen atoms in total. The van der Waals surface area contributed by atoms with Crippen molar-refractivity contribution >= 4 is 0 Å². The molecule has 0 fully saturated rings. The van der Waals surface area contributed by atoms with Gasteiger partial charge in [0.15, 0.2) is 0 Å². The second-order valence-electron chi connectivity index (χ2n) is 32.2. The lowest BCUT2D eigenvalue weighted by Gasteiger charge is -1.82. The Morgan fingerprint density at radius 3 is 0.408 bits per heavy atom. The summed E-state index contributed by atoms with van der Waals surface area (Å²) >= 11 is 0. The molecule has 0 amide bonds. The van der Waals surface area contributed by atoms with Gasteiger partial charge in [-0.3, -0.25) is 24.9 Å². The van der Waals surface area contributed by atoms with E-state index in [9.17, 15) is 0 Å². The molecule has 0 unspecified atom stereocenters. The van der Waals surface area contributed by atoms with Crippen LogP contribution in [0.4, 0.5) is 0 Å². The molecular formula is C130H151N17. The monoisotopic (exact) mass is 1950 g/mol. The van der Waals surface area contributed by atoms with Gasteiger partial charge in [0, 0.05) is 97.6 Å². The first-order valence-corrected chi connectivity index (χ1v) is 48.2.